The van der Waals surface area contributed by atoms with Gasteiger partial charge in [-0.15, -0.1) is 0 Å². The van der Waals surface area contributed by atoms with Crippen molar-refractivity contribution in [3.8, 4) is 0 Å². The topological polar surface area (TPSA) is 78.5 Å². The largest absolute Gasteiger partial charge is 0.396 e. The van der Waals surface area contributed by atoms with E-state index >= 15 is 0 Å². The lowest BCUT2D eigenvalue weighted by molar-refractivity contribution is 0.135. The Morgan fingerprint density at radius 3 is 2.85 bits per heavy atom. The van der Waals surface area contributed by atoms with Crippen LogP contribution >= 0.6 is 0 Å². The van der Waals surface area contributed by atoms with Gasteiger partial charge in [-0.3, -0.25) is 4.90 Å². The summed E-state index contributed by atoms with van der Waals surface area (Å²) in [5.41, 5.74) is 2.63. The van der Waals surface area contributed by atoms with Crippen LogP contribution in [0.2, 0.25) is 0 Å². The molecule has 1 atom stereocenters. The molecule has 3 heterocycles. The highest BCUT2D eigenvalue weighted by molar-refractivity contribution is 5.87. The molecule has 1 fully saturated rings. The van der Waals surface area contributed by atoms with Gasteiger partial charge in [0.15, 0.2) is 0 Å². The standard InChI is InChI=1S/C19H23N5O2/c1-14-17-18(20-13-21-19(17)26-22-14)24-9-8-23(16(12-24)7-10-25)11-15-5-3-2-4-6-15/h2-6,13,16,25H,7-12H2,1H3/t16-/m1/s1. The third kappa shape index (κ3) is 3.27. The Hall–Kier alpha value is -2.51. The van der Waals surface area contributed by atoms with E-state index in [2.05, 4.69) is 49.2 Å². The van der Waals surface area contributed by atoms with Gasteiger partial charge in [-0.25, -0.2) is 4.98 Å². The molecule has 1 aromatic carbocycles. The van der Waals surface area contributed by atoms with Crippen LogP contribution in [0.3, 0.4) is 0 Å². The Labute approximate surface area is 152 Å². The maximum absolute atomic E-state index is 9.55. The van der Waals surface area contributed by atoms with Crippen LogP contribution < -0.4 is 4.90 Å². The minimum Gasteiger partial charge on any atom is -0.396 e. The zero-order valence-electron chi connectivity index (χ0n) is 14.9. The smallest absolute Gasteiger partial charge is 0.263 e. The van der Waals surface area contributed by atoms with Crippen LogP contribution in [0.5, 0.6) is 0 Å². The second-order valence-electron chi connectivity index (χ2n) is 6.71. The Kier molecular flexibility index (Phi) is 4.81. The van der Waals surface area contributed by atoms with E-state index in [0.717, 1.165) is 49.5 Å². The van der Waals surface area contributed by atoms with E-state index in [9.17, 15) is 5.11 Å². The van der Waals surface area contributed by atoms with Crippen molar-refractivity contribution in [3.05, 3.63) is 47.9 Å². The van der Waals surface area contributed by atoms with E-state index in [1.54, 1.807) is 0 Å². The van der Waals surface area contributed by atoms with Crippen molar-refractivity contribution in [3.63, 3.8) is 0 Å². The highest BCUT2D eigenvalue weighted by Gasteiger charge is 2.29. The second-order valence-corrected chi connectivity index (χ2v) is 6.71. The van der Waals surface area contributed by atoms with Crippen LogP contribution in [0.15, 0.2) is 41.2 Å². The number of nitrogens with zero attached hydrogens (tertiary/aromatic N) is 5. The number of hydrogen-bond acceptors (Lipinski definition) is 7. The molecule has 0 bridgehead atoms. The predicted octanol–water partition coefficient (Wildman–Crippen LogP) is 2.00. The lowest BCUT2D eigenvalue weighted by atomic mass is 10.1. The molecule has 1 saturated heterocycles. The molecule has 0 aliphatic carbocycles. The molecule has 0 amide bonds. The molecule has 4 rings (SSSR count). The first-order chi connectivity index (χ1) is 12.8. The van der Waals surface area contributed by atoms with Crippen molar-refractivity contribution < 1.29 is 9.63 Å². The second kappa shape index (κ2) is 7.39. The predicted molar refractivity (Wildman–Crippen MR) is 98.9 cm³/mol. The van der Waals surface area contributed by atoms with Crippen LogP contribution in [0.1, 0.15) is 17.7 Å². The van der Waals surface area contributed by atoms with Gasteiger partial charge in [-0.1, -0.05) is 35.5 Å². The molecule has 7 nitrogen and oxygen atoms in total. The van der Waals surface area contributed by atoms with Crippen LogP contribution in [0.4, 0.5) is 5.82 Å². The summed E-state index contributed by atoms with van der Waals surface area (Å²) in [4.78, 5) is 13.4. The molecular weight excluding hydrogens is 330 g/mol. The van der Waals surface area contributed by atoms with E-state index in [-0.39, 0.29) is 12.6 Å². The van der Waals surface area contributed by atoms with Gasteiger partial charge in [-0.2, -0.15) is 4.98 Å². The number of benzene rings is 1. The van der Waals surface area contributed by atoms with Crippen molar-refractivity contribution in [2.24, 2.45) is 0 Å². The summed E-state index contributed by atoms with van der Waals surface area (Å²) in [5, 5.41) is 14.5. The van der Waals surface area contributed by atoms with Crippen molar-refractivity contribution in [2.75, 3.05) is 31.1 Å². The highest BCUT2D eigenvalue weighted by atomic mass is 16.5. The molecule has 3 aromatic rings. The van der Waals surface area contributed by atoms with Gasteiger partial charge in [0.05, 0.1) is 5.69 Å². The van der Waals surface area contributed by atoms with Crippen molar-refractivity contribution in [2.45, 2.75) is 25.9 Å². The van der Waals surface area contributed by atoms with E-state index in [1.165, 1.54) is 11.9 Å². The molecule has 1 aliphatic rings. The van der Waals surface area contributed by atoms with Crippen molar-refractivity contribution in [1.29, 1.82) is 0 Å². The molecule has 7 heteroatoms. The minimum absolute atomic E-state index is 0.176. The molecule has 26 heavy (non-hydrogen) atoms. The number of rotatable bonds is 5. The van der Waals surface area contributed by atoms with Crippen LogP contribution in [0, 0.1) is 6.92 Å². The first-order valence-corrected chi connectivity index (χ1v) is 8.97. The van der Waals surface area contributed by atoms with Crippen LogP contribution in [-0.2, 0) is 6.54 Å². The van der Waals surface area contributed by atoms with E-state index in [0.29, 0.717) is 5.71 Å². The number of aromatic nitrogens is 3. The maximum Gasteiger partial charge on any atom is 0.263 e. The number of hydrogen-bond donors (Lipinski definition) is 1. The molecule has 136 valence electrons. The SMILES string of the molecule is Cc1noc2ncnc(N3CCN(Cc4ccccc4)[C@H](CCO)C3)c12. The molecular formula is C19H23N5O2. The summed E-state index contributed by atoms with van der Waals surface area (Å²) in [6.07, 6.45) is 2.26. The van der Waals surface area contributed by atoms with E-state index < -0.39 is 0 Å². The first-order valence-electron chi connectivity index (χ1n) is 8.97. The van der Waals surface area contributed by atoms with Gasteiger partial charge in [0.1, 0.15) is 17.5 Å². The van der Waals surface area contributed by atoms with Crippen LogP contribution in [-0.4, -0.2) is 57.4 Å². The summed E-state index contributed by atoms with van der Waals surface area (Å²) in [6, 6.07) is 10.7. The Morgan fingerprint density at radius 1 is 1.19 bits per heavy atom. The third-order valence-corrected chi connectivity index (χ3v) is 5.02. The Morgan fingerprint density at radius 2 is 2.04 bits per heavy atom. The molecule has 1 aliphatic heterocycles. The number of aliphatic hydroxyl groups excluding tert-OH is 1. The molecule has 0 radical (unpaired) electrons. The molecule has 0 saturated carbocycles. The zero-order valence-corrected chi connectivity index (χ0v) is 14.9. The van der Waals surface area contributed by atoms with Crippen LogP contribution in [0.25, 0.3) is 11.1 Å². The van der Waals surface area contributed by atoms with E-state index in [1.807, 2.05) is 13.0 Å². The molecule has 1 N–H and O–H groups in total. The zero-order chi connectivity index (χ0) is 17.9. The minimum atomic E-state index is 0.176. The number of piperazine rings is 1. The fourth-order valence-corrected chi connectivity index (χ4v) is 3.68. The third-order valence-electron chi connectivity index (χ3n) is 5.02. The first kappa shape index (κ1) is 16.9. The summed E-state index contributed by atoms with van der Waals surface area (Å²) >= 11 is 0. The average Bonchev–Trinajstić information content (AvgIpc) is 3.06. The van der Waals surface area contributed by atoms with E-state index in [4.69, 9.17) is 4.52 Å². The summed E-state index contributed by atoms with van der Waals surface area (Å²) in [7, 11) is 0. The van der Waals surface area contributed by atoms with Crippen molar-refractivity contribution >= 4 is 16.9 Å². The fraction of sp³-hybridized carbons (Fsp3) is 0.421. The number of fused-ring (bicyclic) bond motifs is 1. The van der Waals surface area contributed by atoms with Gasteiger partial charge < -0.3 is 14.5 Å². The molecule has 0 spiro atoms. The lowest BCUT2D eigenvalue weighted by Gasteiger charge is -2.42. The summed E-state index contributed by atoms with van der Waals surface area (Å²) in [6.45, 7) is 5.57. The Bertz CT molecular complexity index is 867. The Balaban J connectivity index is 1.56. The lowest BCUT2D eigenvalue weighted by Crippen LogP contribution is -2.53. The highest BCUT2D eigenvalue weighted by Crippen LogP contribution is 2.28. The van der Waals surface area contributed by atoms with Gasteiger partial charge in [-0.05, 0) is 18.9 Å². The monoisotopic (exact) mass is 353 g/mol. The van der Waals surface area contributed by atoms with Gasteiger partial charge in [0.25, 0.3) is 5.71 Å². The molecule has 2 aromatic heterocycles. The molecule has 0 unspecified atom stereocenters. The maximum atomic E-state index is 9.55. The summed E-state index contributed by atoms with van der Waals surface area (Å²) < 4.78 is 5.28. The van der Waals surface area contributed by atoms with Gasteiger partial charge in [0, 0.05) is 38.8 Å². The quantitative estimate of drug-likeness (QED) is 0.751. The van der Waals surface area contributed by atoms with Gasteiger partial charge >= 0.3 is 0 Å². The number of anilines is 1. The normalized spacial score (nSPS) is 18.5. The van der Waals surface area contributed by atoms with Gasteiger partial charge in [0.2, 0.25) is 0 Å². The number of aliphatic hydroxyl groups is 1. The van der Waals surface area contributed by atoms with Crippen molar-refractivity contribution in [1.82, 2.24) is 20.0 Å². The summed E-state index contributed by atoms with van der Waals surface area (Å²) in [5.74, 6) is 0.871. The average molecular weight is 353 g/mol. The number of aryl methyl sites for hydroxylation is 1. The fourth-order valence-electron chi connectivity index (χ4n) is 3.68.